The number of hydrogen-bond donors (Lipinski definition) is 4. The maximum Gasteiger partial charge on any atom is 0.301 e. The van der Waals surface area contributed by atoms with Crippen LogP contribution in [0.15, 0.2) is 62.5 Å². The molecule has 0 unspecified atom stereocenters. The average molecular weight is 469 g/mol. The van der Waals surface area contributed by atoms with E-state index in [4.69, 9.17) is 0 Å². The summed E-state index contributed by atoms with van der Waals surface area (Å²) >= 11 is 0. The molecule has 0 aliphatic carbocycles. The van der Waals surface area contributed by atoms with E-state index in [0.717, 1.165) is 24.3 Å². The largest absolute Gasteiger partial charge is 0.507 e. The first-order chi connectivity index (χ1) is 14.3. The second-order valence-corrected chi connectivity index (χ2v) is 8.84. The zero-order valence-electron chi connectivity index (χ0n) is 14.9. The van der Waals surface area contributed by atoms with E-state index in [1.54, 1.807) is 0 Å². The zero-order valence-corrected chi connectivity index (χ0v) is 16.6. The molecule has 0 radical (unpaired) electrons. The quantitative estimate of drug-likeness (QED) is 0.185. The monoisotopic (exact) mass is 469 g/mol. The van der Waals surface area contributed by atoms with Crippen molar-refractivity contribution >= 4 is 48.1 Å². The Kier molecular flexibility index (Phi) is 5.36. The molecule has 3 aromatic rings. The van der Waals surface area contributed by atoms with Gasteiger partial charge in [-0.2, -0.15) is 21.9 Å². The molecule has 0 aliphatic rings. The van der Waals surface area contributed by atoms with E-state index in [1.165, 1.54) is 6.07 Å². The standard InChI is InChI=1S/C16H11N3O10S2/c20-13-4-2-11(10-6-9(30(24,25)26)7-14(21)16(10)13)18-17-8-1-3-12(19(22)23)15(5-8)31(27,28)29/h1-7,20-21H,(H,24,25,26)(H,27,28,29). The van der Waals surface area contributed by atoms with Crippen LogP contribution >= 0.6 is 0 Å². The van der Waals surface area contributed by atoms with Crippen LogP contribution in [0, 0.1) is 10.1 Å². The van der Waals surface area contributed by atoms with Gasteiger partial charge in [0, 0.05) is 17.5 Å². The lowest BCUT2D eigenvalue weighted by Crippen LogP contribution is -2.02. The lowest BCUT2D eigenvalue weighted by Gasteiger charge is -2.08. The summed E-state index contributed by atoms with van der Waals surface area (Å²) in [4.78, 5) is 8.22. The summed E-state index contributed by atoms with van der Waals surface area (Å²) in [5.41, 5.74) is -1.23. The molecular weight excluding hydrogens is 458 g/mol. The molecule has 13 nitrogen and oxygen atoms in total. The predicted molar refractivity (Wildman–Crippen MR) is 104 cm³/mol. The van der Waals surface area contributed by atoms with Crippen LogP contribution < -0.4 is 0 Å². The highest BCUT2D eigenvalue weighted by molar-refractivity contribution is 7.86. The Morgan fingerprint density at radius 2 is 1.52 bits per heavy atom. The number of rotatable bonds is 5. The first-order valence-electron chi connectivity index (χ1n) is 7.93. The fraction of sp³-hybridized carbons (Fsp3) is 0. The van der Waals surface area contributed by atoms with Gasteiger partial charge in [0.2, 0.25) is 0 Å². The molecule has 0 bridgehead atoms. The van der Waals surface area contributed by atoms with Gasteiger partial charge in [-0.05, 0) is 30.3 Å². The van der Waals surface area contributed by atoms with Gasteiger partial charge in [0.05, 0.1) is 26.6 Å². The van der Waals surface area contributed by atoms with Crippen LogP contribution in [0.4, 0.5) is 17.1 Å². The number of nitro groups is 1. The molecule has 31 heavy (non-hydrogen) atoms. The Hall–Kier alpha value is -3.66. The number of phenolic OH excluding ortho intramolecular Hbond substituents is 2. The number of fused-ring (bicyclic) bond motifs is 1. The SMILES string of the molecule is O=[N+]([O-])c1ccc(N=Nc2ccc(O)c3c(O)cc(S(=O)(=O)O)cc23)cc1S(=O)(=O)O. The lowest BCUT2D eigenvalue weighted by atomic mass is 10.1. The van der Waals surface area contributed by atoms with Crippen molar-refractivity contribution in [1.29, 1.82) is 0 Å². The third kappa shape index (κ3) is 4.43. The van der Waals surface area contributed by atoms with E-state index in [9.17, 15) is 46.3 Å². The molecule has 0 saturated heterocycles. The molecule has 0 aliphatic heterocycles. The minimum atomic E-state index is -4.96. The summed E-state index contributed by atoms with van der Waals surface area (Å²) in [6.07, 6.45) is 0. The number of hydrogen-bond acceptors (Lipinski definition) is 10. The third-order valence-electron chi connectivity index (χ3n) is 4.01. The van der Waals surface area contributed by atoms with Crippen molar-refractivity contribution < 1.29 is 41.1 Å². The van der Waals surface area contributed by atoms with Gasteiger partial charge in [-0.1, -0.05) is 0 Å². The summed E-state index contributed by atoms with van der Waals surface area (Å²) in [7, 11) is -9.68. The highest BCUT2D eigenvalue weighted by Crippen LogP contribution is 2.40. The van der Waals surface area contributed by atoms with Gasteiger partial charge >= 0.3 is 10.1 Å². The summed E-state index contributed by atoms with van der Waals surface area (Å²) in [6.45, 7) is 0. The highest BCUT2D eigenvalue weighted by Gasteiger charge is 2.24. The second kappa shape index (κ2) is 7.55. The maximum absolute atomic E-state index is 11.4. The van der Waals surface area contributed by atoms with Gasteiger partial charge in [0.25, 0.3) is 15.8 Å². The number of nitro benzene ring substituents is 1. The smallest absolute Gasteiger partial charge is 0.301 e. The fourth-order valence-electron chi connectivity index (χ4n) is 2.67. The van der Waals surface area contributed by atoms with Crippen molar-refractivity contribution in [2.75, 3.05) is 0 Å². The van der Waals surface area contributed by atoms with E-state index in [2.05, 4.69) is 10.2 Å². The number of azo groups is 1. The van der Waals surface area contributed by atoms with Crippen molar-refractivity contribution in [2.45, 2.75) is 9.79 Å². The van der Waals surface area contributed by atoms with Crippen molar-refractivity contribution in [3.8, 4) is 11.5 Å². The van der Waals surface area contributed by atoms with Crippen LogP contribution in [0.5, 0.6) is 11.5 Å². The molecule has 0 atom stereocenters. The van der Waals surface area contributed by atoms with Crippen molar-refractivity contribution in [2.24, 2.45) is 10.2 Å². The first kappa shape index (κ1) is 22.0. The molecule has 0 spiro atoms. The van der Waals surface area contributed by atoms with E-state index in [0.29, 0.717) is 12.1 Å². The van der Waals surface area contributed by atoms with Crippen LogP contribution in [0.3, 0.4) is 0 Å². The Labute approximate surface area is 173 Å². The number of nitrogens with zero attached hydrogens (tertiary/aromatic N) is 3. The van der Waals surface area contributed by atoms with Crippen molar-refractivity contribution in [3.63, 3.8) is 0 Å². The Morgan fingerprint density at radius 1 is 0.839 bits per heavy atom. The molecule has 0 heterocycles. The van der Waals surface area contributed by atoms with Crippen molar-refractivity contribution in [3.05, 3.63) is 52.6 Å². The van der Waals surface area contributed by atoms with Gasteiger partial charge in [-0.15, -0.1) is 5.11 Å². The summed E-state index contributed by atoms with van der Waals surface area (Å²) < 4.78 is 64.1. The second-order valence-electron chi connectivity index (χ2n) is 6.03. The van der Waals surface area contributed by atoms with E-state index in [-0.39, 0.29) is 22.1 Å². The van der Waals surface area contributed by atoms with E-state index < -0.39 is 52.1 Å². The first-order valence-corrected chi connectivity index (χ1v) is 10.8. The predicted octanol–water partition coefficient (Wildman–Crippen LogP) is 3.07. The minimum absolute atomic E-state index is 0.111. The Morgan fingerprint density at radius 3 is 2.10 bits per heavy atom. The van der Waals surface area contributed by atoms with E-state index in [1.807, 2.05) is 0 Å². The summed E-state index contributed by atoms with van der Waals surface area (Å²) in [6, 6.07) is 6.45. The van der Waals surface area contributed by atoms with E-state index >= 15 is 0 Å². The molecule has 0 fully saturated rings. The van der Waals surface area contributed by atoms with Gasteiger partial charge in [-0.3, -0.25) is 19.2 Å². The summed E-state index contributed by atoms with van der Waals surface area (Å²) in [5.74, 6) is -1.11. The molecule has 3 aromatic carbocycles. The number of phenols is 2. The van der Waals surface area contributed by atoms with Gasteiger partial charge in [0.1, 0.15) is 11.5 Å². The molecule has 0 amide bonds. The molecule has 162 valence electrons. The summed E-state index contributed by atoms with van der Waals surface area (Å²) in [5, 5.41) is 38.1. The molecule has 3 rings (SSSR count). The van der Waals surface area contributed by atoms with Crippen molar-refractivity contribution in [1.82, 2.24) is 0 Å². The van der Waals surface area contributed by atoms with Crippen LogP contribution in [0.1, 0.15) is 0 Å². The third-order valence-corrected chi connectivity index (χ3v) is 5.73. The molecule has 15 heteroatoms. The molecule has 4 N–H and O–H groups in total. The van der Waals surface area contributed by atoms with Gasteiger partial charge in [0.15, 0.2) is 4.90 Å². The average Bonchev–Trinajstić information content (AvgIpc) is 2.65. The number of benzene rings is 3. The minimum Gasteiger partial charge on any atom is -0.507 e. The van der Waals surface area contributed by atoms with Crippen LogP contribution in [-0.4, -0.2) is 41.1 Å². The highest BCUT2D eigenvalue weighted by atomic mass is 32.2. The number of aromatic hydroxyl groups is 2. The maximum atomic E-state index is 11.4. The Balaban J connectivity index is 2.19. The Bertz CT molecular complexity index is 1480. The molecular formula is C16H11N3O10S2. The van der Waals surface area contributed by atoms with Gasteiger partial charge in [-0.25, -0.2) is 0 Å². The zero-order chi connectivity index (χ0) is 23.1. The van der Waals surface area contributed by atoms with Crippen LogP contribution in [0.2, 0.25) is 0 Å². The van der Waals surface area contributed by atoms with Gasteiger partial charge < -0.3 is 10.2 Å². The topological polar surface area (TPSA) is 217 Å². The molecule has 0 saturated carbocycles. The normalized spacial score (nSPS) is 12.5. The van der Waals surface area contributed by atoms with Crippen LogP contribution in [-0.2, 0) is 20.2 Å². The lowest BCUT2D eigenvalue weighted by molar-refractivity contribution is -0.387. The molecule has 0 aromatic heterocycles. The van der Waals surface area contributed by atoms with Crippen LogP contribution in [0.25, 0.3) is 10.8 Å². The fourth-order valence-corrected chi connectivity index (χ4v) is 3.88.